The Morgan fingerprint density at radius 3 is 2.57 bits per heavy atom. The van der Waals surface area contributed by atoms with Crippen LogP contribution in [0.4, 0.5) is 0 Å². The zero-order valence-electron chi connectivity index (χ0n) is 8.56. The van der Waals surface area contributed by atoms with Gasteiger partial charge in [0.1, 0.15) is 0 Å². The highest BCUT2D eigenvalue weighted by Crippen LogP contribution is 2.37. The van der Waals surface area contributed by atoms with Crippen molar-refractivity contribution in [2.75, 3.05) is 7.11 Å². The molecular weight excluding hydrogens is 182 g/mol. The van der Waals surface area contributed by atoms with Crippen LogP contribution in [-0.2, 0) is 9.53 Å². The number of carbonyl (C=O) groups excluding carboxylic acids is 1. The molecule has 5 nitrogen and oxygen atoms in total. The first-order chi connectivity index (χ1) is 6.62. The Morgan fingerprint density at radius 1 is 1.57 bits per heavy atom. The van der Waals surface area contributed by atoms with Crippen molar-refractivity contribution >= 4 is 5.97 Å². The van der Waals surface area contributed by atoms with E-state index in [1.165, 1.54) is 7.11 Å². The lowest BCUT2D eigenvalue weighted by Crippen LogP contribution is -2.34. The summed E-state index contributed by atoms with van der Waals surface area (Å²) < 4.78 is 4.75. The van der Waals surface area contributed by atoms with E-state index in [1.54, 1.807) is 0 Å². The van der Waals surface area contributed by atoms with Crippen LogP contribution in [0.15, 0.2) is 5.11 Å². The van der Waals surface area contributed by atoms with E-state index >= 15 is 0 Å². The molecule has 0 bridgehead atoms. The van der Waals surface area contributed by atoms with E-state index in [0.717, 1.165) is 25.7 Å². The van der Waals surface area contributed by atoms with Gasteiger partial charge in [-0.05, 0) is 38.1 Å². The molecule has 0 aromatic carbocycles. The molecule has 0 N–H and O–H groups in total. The highest BCUT2D eigenvalue weighted by molar-refractivity contribution is 5.76. The molecule has 0 amide bonds. The maximum absolute atomic E-state index is 11.4. The molecule has 1 fully saturated rings. The van der Waals surface area contributed by atoms with Gasteiger partial charge in [-0.2, -0.15) is 0 Å². The standard InChI is InChI=1S/C9H15N3O2/c1-9(8(13)14-2)5-3-7(4-6-9)11-12-10/h7H,3-6H2,1-2H3. The molecule has 0 spiro atoms. The number of methoxy groups -OCH3 is 1. The van der Waals surface area contributed by atoms with Gasteiger partial charge in [0.2, 0.25) is 0 Å². The second kappa shape index (κ2) is 4.33. The van der Waals surface area contributed by atoms with Crippen LogP contribution in [-0.4, -0.2) is 19.1 Å². The third kappa shape index (κ3) is 2.17. The van der Waals surface area contributed by atoms with Crippen LogP contribution < -0.4 is 0 Å². The number of ether oxygens (including phenoxy) is 1. The topological polar surface area (TPSA) is 75.1 Å². The lowest BCUT2D eigenvalue weighted by molar-refractivity contribution is -0.153. The van der Waals surface area contributed by atoms with Crippen molar-refractivity contribution in [3.63, 3.8) is 0 Å². The van der Waals surface area contributed by atoms with Crippen molar-refractivity contribution in [1.29, 1.82) is 0 Å². The van der Waals surface area contributed by atoms with E-state index in [4.69, 9.17) is 10.3 Å². The number of hydrogen-bond acceptors (Lipinski definition) is 3. The predicted molar refractivity (Wildman–Crippen MR) is 51.5 cm³/mol. The van der Waals surface area contributed by atoms with Crippen molar-refractivity contribution in [2.45, 2.75) is 38.6 Å². The summed E-state index contributed by atoms with van der Waals surface area (Å²) in [6.07, 6.45) is 3.03. The minimum absolute atomic E-state index is 0.0535. The molecule has 0 aromatic rings. The van der Waals surface area contributed by atoms with Crippen LogP contribution in [0.3, 0.4) is 0 Å². The maximum Gasteiger partial charge on any atom is 0.311 e. The van der Waals surface area contributed by atoms with Crippen LogP contribution >= 0.6 is 0 Å². The first-order valence-electron chi connectivity index (χ1n) is 4.75. The summed E-state index contributed by atoms with van der Waals surface area (Å²) in [7, 11) is 1.41. The average Bonchev–Trinajstić information content (AvgIpc) is 2.21. The zero-order chi connectivity index (χ0) is 10.6. The maximum atomic E-state index is 11.4. The summed E-state index contributed by atoms with van der Waals surface area (Å²) in [5.74, 6) is -0.156. The van der Waals surface area contributed by atoms with Gasteiger partial charge >= 0.3 is 5.97 Å². The quantitative estimate of drug-likeness (QED) is 0.295. The van der Waals surface area contributed by atoms with Crippen molar-refractivity contribution in [3.8, 4) is 0 Å². The summed E-state index contributed by atoms with van der Waals surface area (Å²) in [5.41, 5.74) is 7.89. The fraction of sp³-hybridized carbons (Fsp3) is 0.889. The van der Waals surface area contributed by atoms with Crippen LogP contribution in [0.25, 0.3) is 10.4 Å². The molecule has 0 heterocycles. The van der Waals surface area contributed by atoms with E-state index < -0.39 is 0 Å². The van der Waals surface area contributed by atoms with E-state index in [1.807, 2.05) is 6.92 Å². The molecule has 1 rings (SSSR count). The van der Waals surface area contributed by atoms with Gasteiger partial charge in [-0.15, -0.1) is 0 Å². The minimum Gasteiger partial charge on any atom is -0.469 e. The Balaban J connectivity index is 2.56. The van der Waals surface area contributed by atoms with Crippen LogP contribution in [0, 0.1) is 5.41 Å². The fourth-order valence-corrected chi connectivity index (χ4v) is 1.88. The Morgan fingerprint density at radius 2 is 2.14 bits per heavy atom. The second-order valence-corrected chi connectivity index (χ2v) is 3.99. The van der Waals surface area contributed by atoms with Crippen LogP contribution in [0.1, 0.15) is 32.6 Å². The second-order valence-electron chi connectivity index (χ2n) is 3.99. The molecule has 0 atom stereocenters. The number of esters is 1. The normalized spacial score (nSPS) is 31.7. The number of hydrogen-bond donors (Lipinski definition) is 0. The van der Waals surface area contributed by atoms with Crippen LogP contribution in [0.2, 0.25) is 0 Å². The number of azide groups is 1. The van der Waals surface area contributed by atoms with E-state index in [2.05, 4.69) is 10.0 Å². The van der Waals surface area contributed by atoms with Gasteiger partial charge in [-0.3, -0.25) is 4.79 Å². The smallest absolute Gasteiger partial charge is 0.311 e. The van der Waals surface area contributed by atoms with E-state index in [-0.39, 0.29) is 17.4 Å². The Kier molecular flexibility index (Phi) is 3.36. The van der Waals surface area contributed by atoms with Crippen molar-refractivity contribution in [1.82, 2.24) is 0 Å². The van der Waals surface area contributed by atoms with Crippen LogP contribution in [0.5, 0.6) is 0 Å². The van der Waals surface area contributed by atoms with E-state index in [0.29, 0.717) is 0 Å². The Hall–Kier alpha value is -1.22. The SMILES string of the molecule is COC(=O)C1(C)CCC(N=[N+]=[N-])CC1. The molecular formula is C9H15N3O2. The van der Waals surface area contributed by atoms with Gasteiger partial charge in [0.25, 0.3) is 0 Å². The summed E-state index contributed by atoms with van der Waals surface area (Å²) in [4.78, 5) is 14.2. The Labute approximate surface area is 83.1 Å². The number of rotatable bonds is 2. The summed E-state index contributed by atoms with van der Waals surface area (Å²) in [6.45, 7) is 1.91. The molecule has 1 aliphatic rings. The summed E-state index contributed by atoms with van der Waals surface area (Å²) >= 11 is 0. The number of nitrogens with zero attached hydrogens (tertiary/aromatic N) is 3. The molecule has 1 saturated carbocycles. The van der Waals surface area contributed by atoms with Gasteiger partial charge in [-0.1, -0.05) is 5.11 Å². The average molecular weight is 197 g/mol. The molecule has 0 aromatic heterocycles. The molecule has 0 aliphatic heterocycles. The number of carbonyl (C=O) groups is 1. The first-order valence-corrected chi connectivity index (χ1v) is 4.75. The third-order valence-electron chi connectivity index (χ3n) is 2.95. The summed E-state index contributed by atoms with van der Waals surface area (Å²) in [5, 5.41) is 3.66. The lowest BCUT2D eigenvalue weighted by Gasteiger charge is -2.33. The molecule has 0 saturated heterocycles. The molecule has 78 valence electrons. The molecule has 1 aliphatic carbocycles. The predicted octanol–water partition coefficient (Wildman–Crippen LogP) is 2.42. The van der Waals surface area contributed by atoms with Crippen molar-refractivity contribution in [2.24, 2.45) is 10.5 Å². The van der Waals surface area contributed by atoms with Gasteiger partial charge in [0.05, 0.1) is 12.5 Å². The first kappa shape index (κ1) is 10.9. The lowest BCUT2D eigenvalue weighted by atomic mass is 9.74. The Bertz CT molecular complexity index is 263. The van der Waals surface area contributed by atoms with Crippen molar-refractivity contribution < 1.29 is 9.53 Å². The highest BCUT2D eigenvalue weighted by Gasteiger charge is 2.38. The van der Waals surface area contributed by atoms with Gasteiger partial charge in [0, 0.05) is 11.0 Å². The highest BCUT2D eigenvalue weighted by atomic mass is 16.5. The molecule has 0 radical (unpaired) electrons. The van der Waals surface area contributed by atoms with Gasteiger partial charge < -0.3 is 4.74 Å². The van der Waals surface area contributed by atoms with Gasteiger partial charge in [-0.25, -0.2) is 0 Å². The minimum atomic E-state index is -0.379. The fourth-order valence-electron chi connectivity index (χ4n) is 1.88. The van der Waals surface area contributed by atoms with E-state index in [9.17, 15) is 4.79 Å². The largest absolute Gasteiger partial charge is 0.469 e. The van der Waals surface area contributed by atoms with Crippen molar-refractivity contribution in [3.05, 3.63) is 10.4 Å². The third-order valence-corrected chi connectivity index (χ3v) is 2.95. The molecule has 5 heteroatoms. The van der Waals surface area contributed by atoms with Gasteiger partial charge in [0.15, 0.2) is 0 Å². The monoisotopic (exact) mass is 197 g/mol. The molecule has 14 heavy (non-hydrogen) atoms. The molecule has 0 unspecified atom stereocenters. The summed E-state index contributed by atoms with van der Waals surface area (Å²) in [6, 6.07) is 0.0535. The zero-order valence-corrected chi connectivity index (χ0v) is 8.56.